The van der Waals surface area contributed by atoms with E-state index < -0.39 is 0 Å². The molecule has 22 heavy (non-hydrogen) atoms. The molecule has 2 N–H and O–H groups in total. The molecule has 1 aromatic carbocycles. The molecule has 0 saturated heterocycles. The van der Waals surface area contributed by atoms with Crippen LogP contribution in [0.25, 0.3) is 0 Å². The number of nitrogens with one attached hydrogen (secondary N) is 1. The van der Waals surface area contributed by atoms with Gasteiger partial charge >= 0.3 is 0 Å². The number of aromatic nitrogens is 1. The highest BCUT2D eigenvalue weighted by molar-refractivity contribution is 7.09. The highest BCUT2D eigenvalue weighted by atomic mass is 32.1. The second-order valence-corrected chi connectivity index (χ2v) is 6.83. The third-order valence-corrected chi connectivity index (χ3v) is 5.12. The highest BCUT2D eigenvalue weighted by Gasteiger charge is 2.19. The number of aliphatic hydroxyl groups is 1. The van der Waals surface area contributed by atoms with Crippen LogP contribution in [0.3, 0.4) is 0 Å². The van der Waals surface area contributed by atoms with Gasteiger partial charge in [0, 0.05) is 37.8 Å². The Bertz CT molecular complexity index is 587. The van der Waals surface area contributed by atoms with E-state index in [9.17, 15) is 5.11 Å². The first-order chi connectivity index (χ1) is 10.7. The van der Waals surface area contributed by atoms with Crippen LogP contribution in [0.4, 0.5) is 0 Å². The normalized spacial score (nSPS) is 17.9. The van der Waals surface area contributed by atoms with Crippen molar-refractivity contribution in [2.75, 3.05) is 19.6 Å². The number of hydrogen-bond donors (Lipinski definition) is 2. The van der Waals surface area contributed by atoms with Gasteiger partial charge in [-0.15, -0.1) is 11.3 Å². The largest absolute Gasteiger partial charge is 0.390 e. The number of hydrogen-bond acceptors (Lipinski definition) is 5. The molecule has 4 nitrogen and oxygen atoms in total. The molecule has 1 aromatic heterocycles. The average molecular weight is 317 g/mol. The van der Waals surface area contributed by atoms with Gasteiger partial charge < -0.3 is 10.4 Å². The molecule has 1 aliphatic heterocycles. The van der Waals surface area contributed by atoms with Crippen LogP contribution in [0.5, 0.6) is 0 Å². The zero-order valence-electron chi connectivity index (χ0n) is 12.9. The Morgan fingerprint density at radius 2 is 2.18 bits per heavy atom. The molecule has 5 heteroatoms. The first-order valence-electron chi connectivity index (χ1n) is 7.82. The lowest BCUT2D eigenvalue weighted by molar-refractivity contribution is 0.102. The van der Waals surface area contributed by atoms with Gasteiger partial charge in [0.1, 0.15) is 5.01 Å². The summed E-state index contributed by atoms with van der Waals surface area (Å²) in [7, 11) is 0. The topological polar surface area (TPSA) is 48.4 Å². The second kappa shape index (κ2) is 7.33. The Kier molecular flexibility index (Phi) is 5.20. The zero-order valence-corrected chi connectivity index (χ0v) is 13.7. The summed E-state index contributed by atoms with van der Waals surface area (Å²) in [6.45, 7) is 5.36. The predicted molar refractivity (Wildman–Crippen MR) is 90.0 cm³/mol. The Morgan fingerprint density at radius 3 is 2.95 bits per heavy atom. The summed E-state index contributed by atoms with van der Waals surface area (Å²) in [4.78, 5) is 6.63. The lowest BCUT2D eigenvalue weighted by Crippen LogP contribution is -2.41. The van der Waals surface area contributed by atoms with E-state index in [1.54, 1.807) is 11.3 Å². The summed E-state index contributed by atoms with van der Waals surface area (Å²) in [6, 6.07) is 8.79. The van der Waals surface area contributed by atoms with Gasteiger partial charge in [0.15, 0.2) is 0 Å². The third-order valence-electron chi connectivity index (χ3n) is 4.16. The molecule has 1 aliphatic rings. The average Bonchev–Trinajstić information content (AvgIpc) is 3.07. The first-order valence-corrected chi connectivity index (χ1v) is 8.70. The minimum absolute atomic E-state index is 0.191. The van der Waals surface area contributed by atoms with E-state index in [2.05, 4.69) is 46.4 Å². The monoisotopic (exact) mass is 317 g/mol. The standard InChI is InChI=1S/C17H23N3OS/c1-13(17-18-7-9-22-17)19-10-16(21)12-20-8-6-14-4-2-3-5-15(14)11-20/h2-5,7,9,13,16,19,21H,6,8,10-12H2,1H3. The van der Waals surface area contributed by atoms with Gasteiger partial charge in [0.2, 0.25) is 0 Å². The third kappa shape index (κ3) is 3.93. The quantitative estimate of drug-likeness (QED) is 0.858. The fourth-order valence-corrected chi connectivity index (χ4v) is 3.59. The molecule has 2 unspecified atom stereocenters. The van der Waals surface area contributed by atoms with Gasteiger partial charge in [-0.1, -0.05) is 24.3 Å². The lowest BCUT2D eigenvalue weighted by Gasteiger charge is -2.30. The molecule has 2 heterocycles. The van der Waals surface area contributed by atoms with Crippen molar-refractivity contribution in [1.82, 2.24) is 15.2 Å². The number of benzene rings is 1. The maximum absolute atomic E-state index is 10.3. The van der Waals surface area contributed by atoms with Gasteiger partial charge in [0.25, 0.3) is 0 Å². The molecule has 3 rings (SSSR count). The molecule has 0 spiro atoms. The zero-order chi connectivity index (χ0) is 15.4. The van der Waals surface area contributed by atoms with Crippen LogP contribution in [-0.2, 0) is 13.0 Å². The van der Waals surface area contributed by atoms with Crippen molar-refractivity contribution >= 4 is 11.3 Å². The predicted octanol–water partition coefficient (Wildman–Crippen LogP) is 2.21. The van der Waals surface area contributed by atoms with E-state index in [0.29, 0.717) is 13.1 Å². The molecule has 0 saturated carbocycles. The molecular weight excluding hydrogens is 294 g/mol. The van der Waals surface area contributed by atoms with Crippen LogP contribution in [0.2, 0.25) is 0 Å². The SMILES string of the molecule is CC(NCC(O)CN1CCc2ccccc2C1)c1nccs1. The van der Waals surface area contributed by atoms with Crippen LogP contribution in [-0.4, -0.2) is 40.7 Å². The van der Waals surface area contributed by atoms with Gasteiger partial charge in [-0.25, -0.2) is 4.98 Å². The fraction of sp³-hybridized carbons (Fsp3) is 0.471. The minimum atomic E-state index is -0.354. The van der Waals surface area contributed by atoms with Crippen molar-refractivity contribution in [1.29, 1.82) is 0 Å². The minimum Gasteiger partial charge on any atom is -0.390 e. The van der Waals surface area contributed by atoms with Crippen molar-refractivity contribution in [3.63, 3.8) is 0 Å². The van der Waals surface area contributed by atoms with Crippen LogP contribution in [0.15, 0.2) is 35.8 Å². The lowest BCUT2D eigenvalue weighted by atomic mass is 10.00. The van der Waals surface area contributed by atoms with Crippen molar-refractivity contribution in [2.24, 2.45) is 0 Å². The van der Waals surface area contributed by atoms with Gasteiger partial charge in [-0.2, -0.15) is 0 Å². The van der Waals surface area contributed by atoms with E-state index in [1.165, 1.54) is 11.1 Å². The number of β-amino-alcohol motifs (C(OH)–C–C–N with tert-alkyl or cyclic N) is 1. The molecule has 0 aliphatic carbocycles. The summed E-state index contributed by atoms with van der Waals surface area (Å²) in [6.07, 6.45) is 2.54. The van der Waals surface area contributed by atoms with Crippen molar-refractivity contribution < 1.29 is 5.11 Å². The molecule has 0 radical (unpaired) electrons. The van der Waals surface area contributed by atoms with Crippen molar-refractivity contribution in [2.45, 2.75) is 32.0 Å². The summed E-state index contributed by atoms with van der Waals surface area (Å²) in [5.41, 5.74) is 2.84. The van der Waals surface area contributed by atoms with E-state index >= 15 is 0 Å². The maximum Gasteiger partial charge on any atom is 0.109 e. The van der Waals surface area contributed by atoms with Crippen LogP contribution < -0.4 is 5.32 Å². The second-order valence-electron chi connectivity index (χ2n) is 5.91. The number of thiazole rings is 1. The van der Waals surface area contributed by atoms with Gasteiger partial charge in [0.05, 0.1) is 12.1 Å². The Balaban J connectivity index is 1.45. The van der Waals surface area contributed by atoms with E-state index in [1.807, 2.05) is 11.6 Å². The van der Waals surface area contributed by atoms with E-state index in [4.69, 9.17) is 0 Å². The highest BCUT2D eigenvalue weighted by Crippen LogP contribution is 2.18. The van der Waals surface area contributed by atoms with E-state index in [-0.39, 0.29) is 12.1 Å². The van der Waals surface area contributed by atoms with Gasteiger partial charge in [-0.3, -0.25) is 4.90 Å². The summed E-state index contributed by atoms with van der Waals surface area (Å²) in [5, 5.41) is 16.7. The number of nitrogens with zero attached hydrogens (tertiary/aromatic N) is 2. The van der Waals surface area contributed by atoms with E-state index in [0.717, 1.165) is 24.5 Å². The molecule has 2 atom stereocenters. The Labute approximate surface area is 135 Å². The smallest absolute Gasteiger partial charge is 0.109 e. The summed E-state index contributed by atoms with van der Waals surface area (Å²) in [5.74, 6) is 0. The number of rotatable bonds is 6. The number of fused-ring (bicyclic) bond motifs is 1. The Hall–Kier alpha value is -1.27. The molecular formula is C17H23N3OS. The maximum atomic E-state index is 10.3. The first kappa shape index (κ1) is 15.6. The Morgan fingerprint density at radius 1 is 1.36 bits per heavy atom. The van der Waals surface area contributed by atoms with Crippen LogP contribution >= 0.6 is 11.3 Å². The molecule has 0 fully saturated rings. The van der Waals surface area contributed by atoms with Gasteiger partial charge in [-0.05, 0) is 24.5 Å². The van der Waals surface area contributed by atoms with Crippen LogP contribution in [0.1, 0.15) is 29.1 Å². The molecule has 0 bridgehead atoms. The molecule has 0 amide bonds. The van der Waals surface area contributed by atoms with Crippen LogP contribution in [0, 0.1) is 0 Å². The fourth-order valence-electron chi connectivity index (χ4n) is 2.92. The number of aliphatic hydroxyl groups excluding tert-OH is 1. The summed E-state index contributed by atoms with van der Waals surface area (Å²) < 4.78 is 0. The van der Waals surface area contributed by atoms with Crippen molar-refractivity contribution in [3.8, 4) is 0 Å². The molecule has 118 valence electrons. The van der Waals surface area contributed by atoms with Crippen molar-refractivity contribution in [3.05, 3.63) is 52.0 Å². The summed E-state index contributed by atoms with van der Waals surface area (Å²) >= 11 is 1.64. The molecule has 2 aromatic rings.